The van der Waals surface area contributed by atoms with Gasteiger partial charge in [0.2, 0.25) is 5.78 Å². The number of H-pyrrole nitrogens is 1. The first-order valence-corrected chi connectivity index (χ1v) is 8.51. The van der Waals surface area contributed by atoms with Crippen LogP contribution in [-0.2, 0) is 0 Å². The molecule has 2 aromatic rings. The second-order valence-electron chi connectivity index (χ2n) is 6.02. The zero-order valence-corrected chi connectivity index (χ0v) is 16.1. The van der Waals surface area contributed by atoms with E-state index in [9.17, 15) is 14.9 Å². The van der Waals surface area contributed by atoms with Gasteiger partial charge >= 0.3 is 0 Å². The van der Waals surface area contributed by atoms with Gasteiger partial charge in [-0.2, -0.15) is 5.26 Å². The average Bonchev–Trinajstić information content (AvgIpc) is 2.94. The average molecular weight is 366 g/mol. The predicted molar refractivity (Wildman–Crippen MR) is 102 cm³/mol. The Morgan fingerprint density at radius 3 is 2.48 bits per heavy atom. The largest absolute Gasteiger partial charge is 0.493 e. The number of nitrogens with one attached hydrogen (secondary N) is 1. The molecule has 27 heavy (non-hydrogen) atoms. The molecule has 0 aliphatic rings. The first-order valence-electron chi connectivity index (χ1n) is 8.51. The van der Waals surface area contributed by atoms with Crippen molar-refractivity contribution in [3.8, 4) is 17.6 Å². The lowest BCUT2D eigenvalue weighted by Gasteiger charge is -2.09. The fraction of sp³-hybridized carbons (Fsp3) is 0.286. The van der Waals surface area contributed by atoms with Crippen LogP contribution in [0.2, 0.25) is 0 Å². The quantitative estimate of drug-likeness (QED) is 0.454. The molecule has 0 bridgehead atoms. The highest BCUT2D eigenvalue weighted by Crippen LogP contribution is 2.29. The summed E-state index contributed by atoms with van der Waals surface area (Å²) >= 11 is 0. The van der Waals surface area contributed by atoms with E-state index in [1.54, 1.807) is 39.2 Å². The van der Waals surface area contributed by atoms with Gasteiger partial charge in [0.1, 0.15) is 11.6 Å². The van der Waals surface area contributed by atoms with E-state index >= 15 is 0 Å². The zero-order chi connectivity index (χ0) is 20.1. The standard InChI is InChI=1S/C21H22N2O4/c1-6-27-18-10-15(7-8-17(18)26-5)9-16(11-22)21(25)20-12(2)19(14(4)24)13(3)23-20/h7-10,23H,6H2,1-5H3. The number of rotatable bonds is 7. The van der Waals surface area contributed by atoms with Crippen LogP contribution in [0, 0.1) is 25.2 Å². The van der Waals surface area contributed by atoms with Crippen molar-refractivity contribution in [2.24, 2.45) is 0 Å². The van der Waals surface area contributed by atoms with Gasteiger partial charge < -0.3 is 14.5 Å². The molecule has 0 fully saturated rings. The molecule has 0 atom stereocenters. The lowest BCUT2D eigenvalue weighted by molar-refractivity contribution is 0.101. The summed E-state index contributed by atoms with van der Waals surface area (Å²) in [6, 6.07) is 7.11. The van der Waals surface area contributed by atoms with Crippen LogP contribution in [0.15, 0.2) is 23.8 Å². The van der Waals surface area contributed by atoms with E-state index < -0.39 is 5.78 Å². The number of hydrogen-bond donors (Lipinski definition) is 1. The van der Waals surface area contributed by atoms with E-state index in [0.29, 0.717) is 40.5 Å². The molecule has 0 saturated carbocycles. The maximum Gasteiger partial charge on any atom is 0.219 e. The van der Waals surface area contributed by atoms with Crippen LogP contribution in [0.3, 0.4) is 0 Å². The second-order valence-corrected chi connectivity index (χ2v) is 6.02. The maximum atomic E-state index is 12.8. The van der Waals surface area contributed by atoms with E-state index in [1.807, 2.05) is 13.0 Å². The van der Waals surface area contributed by atoms with Crippen molar-refractivity contribution in [1.29, 1.82) is 5.26 Å². The summed E-state index contributed by atoms with van der Waals surface area (Å²) in [6.07, 6.45) is 1.49. The lowest BCUT2D eigenvalue weighted by Crippen LogP contribution is -2.05. The van der Waals surface area contributed by atoms with Gasteiger partial charge in [0.05, 0.1) is 19.4 Å². The van der Waals surface area contributed by atoms with Crippen LogP contribution in [0.1, 0.15) is 51.5 Å². The van der Waals surface area contributed by atoms with Crippen molar-refractivity contribution >= 4 is 17.6 Å². The van der Waals surface area contributed by atoms with Crippen molar-refractivity contribution in [2.75, 3.05) is 13.7 Å². The Balaban J connectivity index is 2.47. The van der Waals surface area contributed by atoms with Gasteiger partial charge in [-0.05, 0) is 57.0 Å². The smallest absolute Gasteiger partial charge is 0.219 e. The number of carbonyl (C=O) groups excluding carboxylic acids is 2. The SMILES string of the molecule is CCOc1cc(C=C(C#N)C(=O)c2[nH]c(C)c(C(C)=O)c2C)ccc1OC. The summed E-state index contributed by atoms with van der Waals surface area (Å²) in [5.74, 6) is 0.517. The summed E-state index contributed by atoms with van der Waals surface area (Å²) < 4.78 is 10.8. The number of nitriles is 1. The van der Waals surface area contributed by atoms with E-state index in [-0.39, 0.29) is 17.1 Å². The fourth-order valence-electron chi connectivity index (χ4n) is 3.01. The molecule has 1 aromatic heterocycles. The summed E-state index contributed by atoms with van der Waals surface area (Å²) in [5, 5.41) is 9.49. The third-order valence-electron chi connectivity index (χ3n) is 4.18. The van der Waals surface area contributed by atoms with E-state index in [4.69, 9.17) is 9.47 Å². The highest BCUT2D eigenvalue weighted by atomic mass is 16.5. The second kappa shape index (κ2) is 8.37. The molecule has 2 rings (SSSR count). The zero-order valence-electron chi connectivity index (χ0n) is 16.1. The number of aromatic nitrogens is 1. The minimum Gasteiger partial charge on any atom is -0.493 e. The molecule has 0 radical (unpaired) electrons. The molecule has 1 heterocycles. The van der Waals surface area contributed by atoms with Crippen LogP contribution in [-0.4, -0.2) is 30.3 Å². The van der Waals surface area contributed by atoms with Crippen molar-refractivity contribution in [3.05, 3.63) is 51.9 Å². The van der Waals surface area contributed by atoms with Crippen molar-refractivity contribution in [3.63, 3.8) is 0 Å². The molecule has 0 spiro atoms. The molecule has 6 nitrogen and oxygen atoms in total. The van der Waals surface area contributed by atoms with Crippen molar-refractivity contribution in [1.82, 2.24) is 4.98 Å². The number of benzene rings is 1. The number of methoxy groups -OCH3 is 1. The third kappa shape index (κ3) is 4.09. The molecule has 0 aliphatic heterocycles. The summed E-state index contributed by atoms with van der Waals surface area (Å²) in [5.41, 5.74) is 2.50. The Morgan fingerprint density at radius 2 is 1.96 bits per heavy atom. The van der Waals surface area contributed by atoms with Crippen LogP contribution in [0.4, 0.5) is 0 Å². The fourth-order valence-corrected chi connectivity index (χ4v) is 3.01. The number of ketones is 2. The molecule has 6 heteroatoms. The lowest BCUT2D eigenvalue weighted by atomic mass is 10.0. The first kappa shape index (κ1) is 20.0. The van der Waals surface area contributed by atoms with Crippen LogP contribution < -0.4 is 9.47 Å². The Hall–Kier alpha value is -3.33. The number of carbonyl (C=O) groups is 2. The van der Waals surface area contributed by atoms with E-state index in [1.165, 1.54) is 13.0 Å². The monoisotopic (exact) mass is 366 g/mol. The normalized spacial score (nSPS) is 11.0. The number of ether oxygens (including phenoxy) is 2. The molecule has 1 N–H and O–H groups in total. The highest BCUT2D eigenvalue weighted by Gasteiger charge is 2.22. The van der Waals surface area contributed by atoms with E-state index in [0.717, 1.165) is 0 Å². The summed E-state index contributed by atoms with van der Waals surface area (Å²) in [7, 11) is 1.54. The van der Waals surface area contributed by atoms with E-state index in [2.05, 4.69) is 4.98 Å². The van der Waals surface area contributed by atoms with Gasteiger partial charge in [-0.15, -0.1) is 0 Å². The Labute approximate surface area is 158 Å². The molecule has 0 amide bonds. The number of nitrogens with zero attached hydrogens (tertiary/aromatic N) is 1. The van der Waals surface area contributed by atoms with Gasteiger partial charge in [0.25, 0.3) is 0 Å². The molecule has 140 valence electrons. The molecule has 0 unspecified atom stereocenters. The number of hydrogen-bond acceptors (Lipinski definition) is 5. The minimum atomic E-state index is -0.459. The highest BCUT2D eigenvalue weighted by molar-refractivity contribution is 6.15. The van der Waals surface area contributed by atoms with Gasteiger partial charge in [-0.3, -0.25) is 9.59 Å². The topological polar surface area (TPSA) is 92.2 Å². The van der Waals surface area contributed by atoms with Gasteiger partial charge in [-0.25, -0.2) is 0 Å². The molecule has 0 aliphatic carbocycles. The third-order valence-corrected chi connectivity index (χ3v) is 4.18. The molecular weight excluding hydrogens is 344 g/mol. The Bertz CT molecular complexity index is 961. The summed E-state index contributed by atoms with van der Waals surface area (Å²) in [4.78, 5) is 27.5. The summed E-state index contributed by atoms with van der Waals surface area (Å²) in [6.45, 7) is 7.19. The number of aryl methyl sites for hydroxylation is 1. The number of allylic oxidation sites excluding steroid dienone is 1. The molecular formula is C21H22N2O4. The number of Topliss-reactive ketones (excluding diaryl/α,β-unsaturated/α-hetero) is 2. The van der Waals surface area contributed by atoms with Gasteiger partial charge in [-0.1, -0.05) is 6.07 Å². The molecule has 0 saturated heterocycles. The number of aromatic amines is 1. The van der Waals surface area contributed by atoms with Gasteiger partial charge in [0, 0.05) is 11.3 Å². The van der Waals surface area contributed by atoms with Crippen LogP contribution in [0.25, 0.3) is 6.08 Å². The van der Waals surface area contributed by atoms with Crippen LogP contribution >= 0.6 is 0 Å². The van der Waals surface area contributed by atoms with Gasteiger partial charge in [0.15, 0.2) is 17.3 Å². The Morgan fingerprint density at radius 1 is 1.26 bits per heavy atom. The molecule has 1 aromatic carbocycles. The predicted octanol–water partition coefficient (Wildman–Crippen LogP) is 4.03. The van der Waals surface area contributed by atoms with Crippen molar-refractivity contribution < 1.29 is 19.1 Å². The first-order chi connectivity index (χ1) is 12.8. The van der Waals surface area contributed by atoms with Crippen molar-refractivity contribution in [2.45, 2.75) is 27.7 Å². The maximum absolute atomic E-state index is 12.8. The van der Waals surface area contributed by atoms with Crippen LogP contribution in [0.5, 0.6) is 11.5 Å². The minimum absolute atomic E-state index is 0.0398. The Kier molecular flexibility index (Phi) is 6.19.